The minimum Gasteiger partial charge on any atom is -0.304 e. The maximum absolute atomic E-state index is 11.2. The van der Waals surface area contributed by atoms with Gasteiger partial charge >= 0.3 is 0 Å². The quantitative estimate of drug-likeness (QED) is 0.686. The molecule has 0 heterocycles. The molecule has 102 valence electrons. The van der Waals surface area contributed by atoms with Gasteiger partial charge in [0.05, 0.1) is 12.4 Å². The predicted octanol–water partition coefficient (Wildman–Crippen LogP) is 1.86. The number of nitrogens with zero attached hydrogens (tertiary/aromatic N) is 1. The first kappa shape index (κ1) is 14.9. The molecule has 2 unspecified atom stereocenters. The first-order chi connectivity index (χ1) is 7.96. The van der Waals surface area contributed by atoms with E-state index in [1.54, 1.807) is 0 Å². The van der Waals surface area contributed by atoms with Crippen LogP contribution in [0.2, 0.25) is 0 Å². The van der Waals surface area contributed by atoms with E-state index < -0.39 is 10.1 Å². The zero-order chi connectivity index (χ0) is 12.9. The molecule has 1 saturated carbocycles. The molecule has 1 aliphatic carbocycles. The van der Waals surface area contributed by atoms with Crippen molar-refractivity contribution in [2.24, 2.45) is 5.92 Å². The maximum atomic E-state index is 11.2. The summed E-state index contributed by atoms with van der Waals surface area (Å²) in [5, 5.41) is 0. The highest BCUT2D eigenvalue weighted by molar-refractivity contribution is 7.86. The van der Waals surface area contributed by atoms with Crippen LogP contribution in [0.3, 0.4) is 0 Å². The molecule has 0 aromatic rings. The highest BCUT2D eigenvalue weighted by Gasteiger charge is 2.29. The van der Waals surface area contributed by atoms with E-state index in [9.17, 15) is 8.42 Å². The SMILES string of the molecule is CCN(CC)CC1CCCCC1OS(C)(=O)=O. The standard InChI is InChI=1S/C12H25NO3S/c1-4-13(5-2)10-11-8-6-7-9-12(11)16-17(3,14)15/h11-12H,4-10H2,1-3H3. The molecular weight excluding hydrogens is 238 g/mol. The smallest absolute Gasteiger partial charge is 0.264 e. The fourth-order valence-corrected chi connectivity index (χ4v) is 3.25. The third-order valence-electron chi connectivity index (χ3n) is 3.52. The van der Waals surface area contributed by atoms with Crippen molar-refractivity contribution >= 4 is 10.1 Å². The molecule has 0 spiro atoms. The second-order valence-corrected chi connectivity index (χ2v) is 6.47. The van der Waals surface area contributed by atoms with E-state index in [1.165, 1.54) is 6.42 Å². The molecule has 17 heavy (non-hydrogen) atoms. The highest BCUT2D eigenvalue weighted by atomic mass is 32.2. The Balaban J connectivity index is 2.59. The number of hydrogen-bond acceptors (Lipinski definition) is 4. The van der Waals surface area contributed by atoms with Crippen LogP contribution in [0, 0.1) is 5.92 Å². The van der Waals surface area contributed by atoms with Crippen LogP contribution in [0.5, 0.6) is 0 Å². The van der Waals surface area contributed by atoms with Gasteiger partial charge in [0.2, 0.25) is 0 Å². The third kappa shape index (κ3) is 5.36. The Kier molecular flexibility index (Phi) is 5.89. The summed E-state index contributed by atoms with van der Waals surface area (Å²) in [6.45, 7) is 7.25. The van der Waals surface area contributed by atoms with Gasteiger partial charge in [0.15, 0.2) is 0 Å². The summed E-state index contributed by atoms with van der Waals surface area (Å²) in [4.78, 5) is 2.34. The zero-order valence-corrected chi connectivity index (χ0v) is 12.0. The van der Waals surface area contributed by atoms with Crippen molar-refractivity contribution in [3.8, 4) is 0 Å². The molecule has 0 saturated heterocycles. The molecular formula is C12H25NO3S. The Morgan fingerprint density at radius 2 is 1.76 bits per heavy atom. The summed E-state index contributed by atoms with van der Waals surface area (Å²) in [5.41, 5.74) is 0. The number of rotatable bonds is 6. The van der Waals surface area contributed by atoms with Crippen LogP contribution < -0.4 is 0 Å². The lowest BCUT2D eigenvalue weighted by atomic mass is 9.86. The van der Waals surface area contributed by atoms with E-state index in [0.717, 1.165) is 45.2 Å². The summed E-state index contributed by atoms with van der Waals surface area (Å²) >= 11 is 0. The molecule has 5 heteroatoms. The molecule has 0 bridgehead atoms. The van der Waals surface area contributed by atoms with Crippen molar-refractivity contribution in [3.63, 3.8) is 0 Å². The molecule has 0 radical (unpaired) electrons. The first-order valence-electron chi connectivity index (χ1n) is 6.56. The third-order valence-corrected chi connectivity index (χ3v) is 4.12. The molecule has 1 aliphatic rings. The lowest BCUT2D eigenvalue weighted by Crippen LogP contribution is -2.39. The Morgan fingerprint density at radius 1 is 1.18 bits per heavy atom. The molecule has 0 amide bonds. The van der Waals surface area contributed by atoms with Crippen molar-refractivity contribution in [3.05, 3.63) is 0 Å². The van der Waals surface area contributed by atoms with E-state index >= 15 is 0 Å². The predicted molar refractivity (Wildman–Crippen MR) is 69.5 cm³/mol. The molecule has 1 rings (SSSR count). The lowest BCUT2D eigenvalue weighted by Gasteiger charge is -2.34. The Morgan fingerprint density at radius 3 is 2.29 bits per heavy atom. The maximum Gasteiger partial charge on any atom is 0.264 e. The van der Waals surface area contributed by atoms with Crippen LogP contribution in [0.4, 0.5) is 0 Å². The topological polar surface area (TPSA) is 46.6 Å². The monoisotopic (exact) mass is 263 g/mol. The van der Waals surface area contributed by atoms with Crippen molar-refractivity contribution in [1.82, 2.24) is 4.90 Å². The summed E-state index contributed by atoms with van der Waals surface area (Å²) in [7, 11) is -3.32. The van der Waals surface area contributed by atoms with Gasteiger partial charge in [-0.3, -0.25) is 4.18 Å². The van der Waals surface area contributed by atoms with Gasteiger partial charge in [-0.15, -0.1) is 0 Å². The number of hydrogen-bond donors (Lipinski definition) is 0. The van der Waals surface area contributed by atoms with Crippen LogP contribution in [-0.4, -0.2) is 45.3 Å². The van der Waals surface area contributed by atoms with Crippen LogP contribution in [0.25, 0.3) is 0 Å². The van der Waals surface area contributed by atoms with Gasteiger partial charge in [0.25, 0.3) is 10.1 Å². The van der Waals surface area contributed by atoms with Crippen LogP contribution in [0.15, 0.2) is 0 Å². The Labute approximate surface area is 105 Å². The molecule has 4 nitrogen and oxygen atoms in total. The van der Waals surface area contributed by atoms with Crippen molar-refractivity contribution in [2.45, 2.75) is 45.6 Å². The largest absolute Gasteiger partial charge is 0.304 e. The van der Waals surface area contributed by atoms with Gasteiger partial charge in [-0.1, -0.05) is 26.7 Å². The molecule has 2 atom stereocenters. The Hall–Kier alpha value is -0.130. The first-order valence-corrected chi connectivity index (χ1v) is 8.38. The van der Waals surface area contributed by atoms with Gasteiger partial charge in [0.1, 0.15) is 0 Å². The summed E-state index contributed by atoms with van der Waals surface area (Å²) in [5.74, 6) is 0.360. The molecule has 0 N–H and O–H groups in total. The second-order valence-electron chi connectivity index (χ2n) is 4.87. The summed E-state index contributed by atoms with van der Waals surface area (Å²) in [6, 6.07) is 0. The van der Waals surface area contributed by atoms with Crippen LogP contribution in [-0.2, 0) is 14.3 Å². The molecule has 1 fully saturated rings. The van der Waals surface area contributed by atoms with Gasteiger partial charge in [-0.05, 0) is 31.8 Å². The van der Waals surface area contributed by atoms with Gasteiger partial charge in [0, 0.05) is 6.54 Å². The average Bonchev–Trinajstić information content (AvgIpc) is 2.26. The minimum absolute atomic E-state index is 0.112. The average molecular weight is 263 g/mol. The van der Waals surface area contributed by atoms with Gasteiger partial charge in [-0.25, -0.2) is 0 Å². The summed E-state index contributed by atoms with van der Waals surface area (Å²) < 4.78 is 27.7. The fraction of sp³-hybridized carbons (Fsp3) is 1.00. The second kappa shape index (κ2) is 6.71. The zero-order valence-electron chi connectivity index (χ0n) is 11.2. The Bertz CT molecular complexity index is 312. The van der Waals surface area contributed by atoms with E-state index in [1.807, 2.05) is 0 Å². The van der Waals surface area contributed by atoms with E-state index in [0.29, 0.717) is 5.92 Å². The van der Waals surface area contributed by atoms with Crippen molar-refractivity contribution < 1.29 is 12.6 Å². The van der Waals surface area contributed by atoms with Crippen LogP contribution >= 0.6 is 0 Å². The van der Waals surface area contributed by atoms with Crippen molar-refractivity contribution in [1.29, 1.82) is 0 Å². The summed E-state index contributed by atoms with van der Waals surface area (Å²) in [6.07, 6.45) is 5.26. The van der Waals surface area contributed by atoms with Crippen LogP contribution in [0.1, 0.15) is 39.5 Å². The minimum atomic E-state index is -3.32. The fourth-order valence-electron chi connectivity index (χ4n) is 2.55. The lowest BCUT2D eigenvalue weighted by molar-refractivity contribution is 0.0737. The van der Waals surface area contributed by atoms with Crippen molar-refractivity contribution in [2.75, 3.05) is 25.9 Å². The molecule has 0 aromatic carbocycles. The van der Waals surface area contributed by atoms with E-state index in [2.05, 4.69) is 18.7 Å². The normalized spacial score (nSPS) is 26.4. The van der Waals surface area contributed by atoms with Gasteiger partial charge in [-0.2, -0.15) is 8.42 Å². The van der Waals surface area contributed by atoms with Gasteiger partial charge < -0.3 is 4.90 Å². The van der Waals surface area contributed by atoms with E-state index in [4.69, 9.17) is 4.18 Å². The molecule has 0 aliphatic heterocycles. The molecule has 0 aromatic heterocycles. The van der Waals surface area contributed by atoms with E-state index in [-0.39, 0.29) is 6.10 Å². The highest BCUT2D eigenvalue weighted by Crippen LogP contribution is 2.28.